The van der Waals surface area contributed by atoms with Crippen LogP contribution in [0.4, 0.5) is 14.5 Å². The van der Waals surface area contributed by atoms with Gasteiger partial charge in [-0.3, -0.25) is 14.6 Å². The summed E-state index contributed by atoms with van der Waals surface area (Å²) in [6, 6.07) is 10.8. The zero-order valence-corrected chi connectivity index (χ0v) is 21.5. The minimum atomic E-state index is -0.769. The predicted octanol–water partition coefficient (Wildman–Crippen LogP) is 5.63. The number of aryl methyl sites for hydroxylation is 1. The number of aromatic nitrogens is 3. The van der Waals surface area contributed by atoms with Crippen molar-refractivity contribution in [3.63, 3.8) is 0 Å². The van der Waals surface area contributed by atoms with E-state index in [1.807, 2.05) is 0 Å². The van der Waals surface area contributed by atoms with Crippen molar-refractivity contribution in [2.75, 3.05) is 19.5 Å². The number of benzene rings is 2. The highest BCUT2D eigenvalue weighted by Crippen LogP contribution is 2.32. The zero-order valence-electron chi connectivity index (χ0n) is 21.5. The van der Waals surface area contributed by atoms with Crippen LogP contribution in [0.3, 0.4) is 0 Å². The van der Waals surface area contributed by atoms with E-state index in [-0.39, 0.29) is 34.1 Å². The van der Waals surface area contributed by atoms with Gasteiger partial charge in [0.25, 0.3) is 5.91 Å². The Balaban J connectivity index is 1.40. The van der Waals surface area contributed by atoms with Crippen LogP contribution >= 0.6 is 0 Å². The lowest BCUT2D eigenvalue weighted by atomic mass is 10.0. The molecular formula is C29H22F2N4O5. The lowest BCUT2D eigenvalue weighted by molar-refractivity contribution is 0.102. The maximum atomic E-state index is 15.0. The Hall–Kier alpha value is -5.32. The van der Waals surface area contributed by atoms with Gasteiger partial charge in [0.15, 0.2) is 17.3 Å². The maximum absolute atomic E-state index is 15.0. The van der Waals surface area contributed by atoms with Crippen molar-refractivity contribution in [1.29, 1.82) is 0 Å². The smallest absolute Gasteiger partial charge is 0.261 e. The molecule has 0 radical (unpaired) electrons. The Bertz CT molecular complexity index is 1820. The summed E-state index contributed by atoms with van der Waals surface area (Å²) in [5.74, 6) is -1.24. The van der Waals surface area contributed by atoms with Gasteiger partial charge in [0.05, 0.1) is 31.5 Å². The van der Waals surface area contributed by atoms with Crippen LogP contribution in [0, 0.1) is 18.6 Å². The van der Waals surface area contributed by atoms with Crippen LogP contribution in [-0.4, -0.2) is 35.1 Å². The summed E-state index contributed by atoms with van der Waals surface area (Å²) in [5, 5.41) is 2.53. The quantitative estimate of drug-likeness (QED) is 0.273. The number of nitrogens with one attached hydrogen (secondary N) is 2. The van der Waals surface area contributed by atoms with E-state index in [1.54, 1.807) is 19.1 Å². The minimum Gasteiger partial charge on any atom is -0.496 e. The standard InChI is InChI=1S/C29H22F2N4O5/c1-15-26(19-6-4-16(30)10-25(19)39-3)28(36)20(14-33-15)29(37)35-17-5-7-23(21(31)11-17)40-24-8-9-32-22-12-18(38-2)13-34-27(22)24/h4-14H,1-3H3,(H,33,36)(H,35,37). The number of nitrogens with zero attached hydrogens (tertiary/aromatic N) is 2. The maximum Gasteiger partial charge on any atom is 0.261 e. The molecule has 3 aromatic heterocycles. The highest BCUT2D eigenvalue weighted by molar-refractivity contribution is 6.04. The van der Waals surface area contributed by atoms with E-state index in [0.717, 1.165) is 12.1 Å². The number of carbonyl (C=O) groups excluding carboxylic acids is 1. The third-order valence-corrected chi connectivity index (χ3v) is 6.12. The number of amides is 1. The number of anilines is 1. The zero-order chi connectivity index (χ0) is 28.4. The second-order valence-corrected chi connectivity index (χ2v) is 8.63. The first-order chi connectivity index (χ1) is 19.3. The number of hydrogen-bond acceptors (Lipinski definition) is 7. The van der Waals surface area contributed by atoms with Crippen molar-refractivity contribution in [1.82, 2.24) is 15.0 Å². The van der Waals surface area contributed by atoms with E-state index in [9.17, 15) is 18.4 Å². The summed E-state index contributed by atoms with van der Waals surface area (Å²) in [5.41, 5.74) is 1.10. The first-order valence-corrected chi connectivity index (χ1v) is 11.9. The SMILES string of the molecule is COc1cnc2c(Oc3ccc(NC(=O)c4c[nH]c(C)c(-c5ccc(F)cc5OC)c4=O)cc3F)ccnc2c1. The molecule has 2 aromatic carbocycles. The molecule has 0 fully saturated rings. The van der Waals surface area contributed by atoms with Crippen LogP contribution in [-0.2, 0) is 0 Å². The molecule has 40 heavy (non-hydrogen) atoms. The Morgan fingerprint density at radius 2 is 1.77 bits per heavy atom. The second-order valence-electron chi connectivity index (χ2n) is 8.63. The molecule has 1 amide bonds. The first kappa shape index (κ1) is 26.3. The molecule has 0 atom stereocenters. The summed E-state index contributed by atoms with van der Waals surface area (Å²) in [4.78, 5) is 37.7. The third kappa shape index (κ3) is 5.04. The molecular weight excluding hydrogens is 522 g/mol. The van der Waals surface area contributed by atoms with Crippen molar-refractivity contribution in [2.45, 2.75) is 6.92 Å². The molecule has 3 heterocycles. The average Bonchev–Trinajstić information content (AvgIpc) is 2.94. The third-order valence-electron chi connectivity index (χ3n) is 6.12. The molecule has 0 aliphatic carbocycles. The molecule has 5 aromatic rings. The van der Waals surface area contributed by atoms with Gasteiger partial charge in [-0.1, -0.05) is 0 Å². The van der Waals surface area contributed by atoms with Crippen LogP contribution in [0.2, 0.25) is 0 Å². The van der Waals surface area contributed by atoms with Gasteiger partial charge in [0.2, 0.25) is 5.43 Å². The molecule has 2 N–H and O–H groups in total. The number of ether oxygens (including phenoxy) is 3. The number of fused-ring (bicyclic) bond motifs is 1. The number of pyridine rings is 3. The number of methoxy groups -OCH3 is 2. The van der Waals surface area contributed by atoms with Gasteiger partial charge in [-0.15, -0.1) is 0 Å². The summed E-state index contributed by atoms with van der Waals surface area (Å²) in [6.45, 7) is 1.65. The minimum absolute atomic E-state index is 0.0955. The van der Waals surface area contributed by atoms with E-state index in [0.29, 0.717) is 28.0 Å². The van der Waals surface area contributed by atoms with Crippen LogP contribution in [0.25, 0.3) is 22.2 Å². The van der Waals surface area contributed by atoms with Crippen LogP contribution in [0.5, 0.6) is 23.0 Å². The fourth-order valence-electron chi connectivity index (χ4n) is 4.15. The number of aromatic amines is 1. The Labute approximate surface area is 226 Å². The lowest BCUT2D eigenvalue weighted by Crippen LogP contribution is -2.24. The van der Waals surface area contributed by atoms with Crippen LogP contribution in [0.15, 0.2) is 71.9 Å². The van der Waals surface area contributed by atoms with E-state index >= 15 is 0 Å². The molecule has 9 nitrogen and oxygen atoms in total. The van der Waals surface area contributed by atoms with Crippen LogP contribution < -0.4 is 25.0 Å². The molecule has 11 heteroatoms. The van der Waals surface area contributed by atoms with Crippen molar-refractivity contribution in [3.05, 3.63) is 100 Å². The number of halogens is 2. The molecule has 0 unspecified atom stereocenters. The molecule has 5 rings (SSSR count). The number of H-pyrrole nitrogens is 1. The Kier molecular flexibility index (Phi) is 7.11. The molecule has 202 valence electrons. The molecule has 0 saturated carbocycles. The monoisotopic (exact) mass is 544 g/mol. The van der Waals surface area contributed by atoms with Gasteiger partial charge in [0, 0.05) is 53.6 Å². The average molecular weight is 545 g/mol. The van der Waals surface area contributed by atoms with Gasteiger partial charge >= 0.3 is 0 Å². The van der Waals surface area contributed by atoms with E-state index in [2.05, 4.69) is 20.3 Å². The fourth-order valence-corrected chi connectivity index (χ4v) is 4.15. The summed E-state index contributed by atoms with van der Waals surface area (Å²) < 4.78 is 44.8. The van der Waals surface area contributed by atoms with Gasteiger partial charge in [-0.2, -0.15) is 0 Å². The Morgan fingerprint density at radius 1 is 0.950 bits per heavy atom. The van der Waals surface area contributed by atoms with Crippen LogP contribution in [0.1, 0.15) is 16.1 Å². The van der Waals surface area contributed by atoms with Gasteiger partial charge < -0.3 is 24.5 Å². The summed E-state index contributed by atoms with van der Waals surface area (Å²) >= 11 is 0. The van der Waals surface area contributed by atoms with Crippen molar-refractivity contribution in [2.24, 2.45) is 0 Å². The summed E-state index contributed by atoms with van der Waals surface area (Å²) in [6.07, 6.45) is 4.26. The first-order valence-electron chi connectivity index (χ1n) is 11.9. The molecule has 0 aliphatic rings. The molecule has 0 saturated heterocycles. The lowest BCUT2D eigenvalue weighted by Gasteiger charge is -2.13. The van der Waals surface area contributed by atoms with E-state index in [4.69, 9.17) is 14.2 Å². The van der Waals surface area contributed by atoms with Gasteiger partial charge in [-0.05, 0) is 31.2 Å². The molecule has 0 aliphatic heterocycles. The normalized spacial score (nSPS) is 10.8. The van der Waals surface area contributed by atoms with Gasteiger partial charge in [0.1, 0.15) is 28.4 Å². The second kappa shape index (κ2) is 10.8. The van der Waals surface area contributed by atoms with Crippen molar-refractivity contribution in [3.8, 4) is 34.1 Å². The van der Waals surface area contributed by atoms with Gasteiger partial charge in [-0.25, -0.2) is 13.8 Å². The molecule has 0 bridgehead atoms. The topological polar surface area (TPSA) is 115 Å². The largest absolute Gasteiger partial charge is 0.496 e. The van der Waals surface area contributed by atoms with Crippen molar-refractivity contribution >= 4 is 22.6 Å². The highest BCUT2D eigenvalue weighted by atomic mass is 19.1. The number of rotatable bonds is 7. The predicted molar refractivity (Wildman–Crippen MR) is 144 cm³/mol. The highest BCUT2D eigenvalue weighted by Gasteiger charge is 2.20. The van der Waals surface area contributed by atoms with E-state index < -0.39 is 23.0 Å². The van der Waals surface area contributed by atoms with Crippen molar-refractivity contribution < 1.29 is 27.8 Å². The fraction of sp³-hybridized carbons (Fsp3) is 0.103. The van der Waals surface area contributed by atoms with E-state index in [1.165, 1.54) is 57.1 Å². The number of carbonyl (C=O) groups is 1. The Morgan fingerprint density at radius 3 is 2.52 bits per heavy atom. The molecule has 0 spiro atoms. The summed E-state index contributed by atoms with van der Waals surface area (Å²) in [7, 11) is 2.86. The number of hydrogen-bond donors (Lipinski definition) is 2.